The summed E-state index contributed by atoms with van der Waals surface area (Å²) < 4.78 is 83.9. The first kappa shape index (κ1) is 33.5. The van der Waals surface area contributed by atoms with E-state index < -0.39 is 36.8 Å². The SMILES string of the molecule is Cn1cnnc1-c1ccc(C#N)cc1-c1cc(NCCCC(F)(F)F)nc(N2Cc3c(cc(CN4CCC5(CC5)C4)cc3C(F)(F)F)C2=O)c1. The van der Waals surface area contributed by atoms with Gasteiger partial charge in [0.05, 0.1) is 23.7 Å². The smallest absolute Gasteiger partial charge is 0.370 e. The van der Waals surface area contributed by atoms with E-state index in [9.17, 15) is 36.4 Å². The van der Waals surface area contributed by atoms with E-state index >= 15 is 0 Å². The molecule has 2 aliphatic heterocycles. The summed E-state index contributed by atoms with van der Waals surface area (Å²) in [5, 5.41) is 20.7. The van der Waals surface area contributed by atoms with Crippen molar-refractivity contribution in [3.8, 4) is 28.6 Å². The normalized spacial score (nSPS) is 17.0. The highest BCUT2D eigenvalue weighted by atomic mass is 19.4. The molecule has 2 aromatic heterocycles. The number of carbonyl (C=O) groups is 1. The van der Waals surface area contributed by atoms with Crippen LogP contribution in [0.15, 0.2) is 48.8 Å². The lowest BCUT2D eigenvalue weighted by Gasteiger charge is -2.19. The van der Waals surface area contributed by atoms with Gasteiger partial charge in [0.1, 0.15) is 18.0 Å². The number of aromatic nitrogens is 4. The number of likely N-dealkylation sites (tertiary alicyclic amines) is 1. The predicted octanol–water partition coefficient (Wildman–Crippen LogP) is 7.34. The van der Waals surface area contributed by atoms with E-state index in [0.29, 0.717) is 40.2 Å². The van der Waals surface area contributed by atoms with Crippen molar-refractivity contribution in [2.75, 3.05) is 29.9 Å². The second-order valence-electron chi connectivity index (χ2n) is 13.4. The van der Waals surface area contributed by atoms with Crippen LogP contribution in [-0.2, 0) is 26.3 Å². The Morgan fingerprint density at radius 2 is 1.80 bits per heavy atom. The van der Waals surface area contributed by atoms with Crippen LogP contribution in [0.4, 0.5) is 38.0 Å². The molecular weight excluding hydrogens is 662 g/mol. The Kier molecular flexibility index (Phi) is 8.32. The number of benzene rings is 2. The van der Waals surface area contributed by atoms with Gasteiger partial charge in [-0.1, -0.05) is 0 Å². The molecule has 0 atom stereocenters. The molecule has 1 saturated carbocycles. The summed E-state index contributed by atoms with van der Waals surface area (Å²) in [6.45, 7) is 1.39. The fourth-order valence-electron chi connectivity index (χ4n) is 6.98. The van der Waals surface area contributed by atoms with E-state index in [-0.39, 0.29) is 41.1 Å². The van der Waals surface area contributed by atoms with Gasteiger partial charge < -0.3 is 9.88 Å². The number of nitrogens with one attached hydrogen (secondary N) is 1. The monoisotopic (exact) mass is 694 g/mol. The summed E-state index contributed by atoms with van der Waals surface area (Å²) >= 11 is 0. The van der Waals surface area contributed by atoms with Gasteiger partial charge in [0.2, 0.25) is 0 Å². The Hall–Kier alpha value is -4.97. The van der Waals surface area contributed by atoms with Crippen LogP contribution in [0.3, 0.4) is 0 Å². The van der Waals surface area contributed by atoms with Gasteiger partial charge in [-0.3, -0.25) is 14.6 Å². The highest BCUT2D eigenvalue weighted by Gasteiger charge is 2.48. The first-order valence-corrected chi connectivity index (χ1v) is 16.2. The average molecular weight is 695 g/mol. The molecule has 0 radical (unpaired) electrons. The van der Waals surface area contributed by atoms with Crippen LogP contribution in [-0.4, -0.2) is 56.4 Å². The third-order valence-electron chi connectivity index (χ3n) is 9.73. The average Bonchev–Trinajstić information content (AvgIpc) is 3.32. The van der Waals surface area contributed by atoms with Crippen LogP contribution < -0.4 is 10.2 Å². The van der Waals surface area contributed by atoms with Gasteiger partial charge in [0, 0.05) is 44.2 Å². The van der Waals surface area contributed by atoms with Crippen LogP contribution >= 0.6 is 0 Å². The van der Waals surface area contributed by atoms with E-state index in [4.69, 9.17) is 0 Å². The van der Waals surface area contributed by atoms with Gasteiger partial charge in [-0.05, 0) is 102 Å². The lowest BCUT2D eigenvalue weighted by Crippen LogP contribution is -2.25. The number of carbonyl (C=O) groups excluding carboxylic acids is 1. The van der Waals surface area contributed by atoms with Gasteiger partial charge >= 0.3 is 12.4 Å². The first-order chi connectivity index (χ1) is 23.7. The van der Waals surface area contributed by atoms with Crippen LogP contribution in [0.1, 0.15) is 64.7 Å². The number of hydrogen-bond donors (Lipinski definition) is 1. The van der Waals surface area contributed by atoms with Crippen molar-refractivity contribution in [1.82, 2.24) is 24.6 Å². The molecule has 0 bridgehead atoms. The van der Waals surface area contributed by atoms with E-state index in [2.05, 4.69) is 31.5 Å². The minimum Gasteiger partial charge on any atom is -0.370 e. The Balaban J connectivity index is 1.28. The summed E-state index contributed by atoms with van der Waals surface area (Å²) in [7, 11) is 1.73. The highest BCUT2D eigenvalue weighted by Crippen LogP contribution is 2.53. The van der Waals surface area contributed by atoms with Gasteiger partial charge in [-0.25, -0.2) is 4.98 Å². The number of nitriles is 1. The Labute approximate surface area is 283 Å². The van der Waals surface area contributed by atoms with Crippen molar-refractivity contribution < 1.29 is 31.1 Å². The summed E-state index contributed by atoms with van der Waals surface area (Å²) in [5.41, 5.74) is 1.31. The van der Waals surface area contributed by atoms with Crippen LogP contribution in [0.5, 0.6) is 0 Å². The third kappa shape index (κ3) is 6.76. The van der Waals surface area contributed by atoms with Crippen molar-refractivity contribution >= 4 is 17.5 Å². The zero-order valence-corrected chi connectivity index (χ0v) is 27.0. The molecule has 1 N–H and O–H groups in total. The maximum absolute atomic E-state index is 14.5. The molecule has 0 unspecified atom stereocenters. The van der Waals surface area contributed by atoms with Crippen molar-refractivity contribution in [3.05, 3.63) is 76.6 Å². The lowest BCUT2D eigenvalue weighted by molar-refractivity contribution is -0.138. The molecule has 1 spiro atoms. The number of hydrogen-bond acceptors (Lipinski definition) is 7. The number of pyridine rings is 1. The highest BCUT2D eigenvalue weighted by molar-refractivity contribution is 6.10. The molecule has 1 amide bonds. The maximum Gasteiger partial charge on any atom is 0.416 e. The maximum atomic E-state index is 14.5. The number of nitrogens with zero attached hydrogens (tertiary/aromatic N) is 7. The van der Waals surface area contributed by atoms with E-state index in [0.717, 1.165) is 43.3 Å². The fraction of sp³-hybridized carbons (Fsp3) is 0.400. The summed E-state index contributed by atoms with van der Waals surface area (Å²) in [5.74, 6) is -0.118. The van der Waals surface area contributed by atoms with Crippen molar-refractivity contribution in [2.24, 2.45) is 12.5 Å². The molecule has 9 nitrogen and oxygen atoms in total. The Bertz CT molecular complexity index is 2010. The molecule has 2 aromatic carbocycles. The standard InChI is InChI=1S/C35H32F6N8O/c1-47-20-44-46-31(47)24-4-3-21(16-42)11-25(24)23-14-29(43-9-2-5-34(36,37)38)45-30(15-23)49-18-27-26(32(49)50)12-22(13-28(27)35(39,40)41)17-48-10-8-33(19-48)6-7-33/h3-4,11-15,20H,2,5-10,17-19H2,1H3,(H,43,45). The fourth-order valence-corrected chi connectivity index (χ4v) is 6.98. The predicted molar refractivity (Wildman–Crippen MR) is 172 cm³/mol. The number of aryl methyl sites for hydroxylation is 1. The number of halogens is 6. The number of anilines is 2. The van der Waals surface area contributed by atoms with Crippen LogP contribution in [0.2, 0.25) is 0 Å². The summed E-state index contributed by atoms with van der Waals surface area (Å²) in [4.78, 5) is 21.8. The molecule has 4 aromatic rings. The van der Waals surface area contributed by atoms with E-state index in [1.54, 1.807) is 35.9 Å². The number of fused-ring (bicyclic) bond motifs is 1. The minimum atomic E-state index is -4.72. The van der Waals surface area contributed by atoms with Gasteiger partial charge in [0.15, 0.2) is 5.82 Å². The second-order valence-corrected chi connectivity index (χ2v) is 13.4. The van der Waals surface area contributed by atoms with Crippen molar-refractivity contribution in [1.29, 1.82) is 5.26 Å². The van der Waals surface area contributed by atoms with Crippen LogP contribution in [0.25, 0.3) is 22.5 Å². The molecule has 2 fully saturated rings. The van der Waals surface area contributed by atoms with Crippen molar-refractivity contribution in [3.63, 3.8) is 0 Å². The number of amides is 1. The molecule has 4 heterocycles. The Morgan fingerprint density at radius 1 is 1.00 bits per heavy atom. The third-order valence-corrected chi connectivity index (χ3v) is 9.73. The molecule has 3 aliphatic rings. The van der Waals surface area contributed by atoms with Gasteiger partial charge in [0.25, 0.3) is 5.91 Å². The molecule has 1 saturated heterocycles. The molecule has 50 heavy (non-hydrogen) atoms. The first-order valence-electron chi connectivity index (χ1n) is 16.2. The Morgan fingerprint density at radius 3 is 2.46 bits per heavy atom. The largest absolute Gasteiger partial charge is 0.416 e. The molecule has 260 valence electrons. The number of rotatable bonds is 9. The summed E-state index contributed by atoms with van der Waals surface area (Å²) in [6, 6.07) is 12.7. The zero-order valence-electron chi connectivity index (χ0n) is 27.0. The van der Waals surface area contributed by atoms with Gasteiger partial charge in [-0.2, -0.15) is 31.6 Å². The summed E-state index contributed by atoms with van der Waals surface area (Å²) in [6.07, 6.45) is -5.62. The molecule has 1 aliphatic carbocycles. The topological polar surface area (TPSA) is 103 Å². The van der Waals surface area contributed by atoms with E-state index in [1.165, 1.54) is 18.5 Å². The molecule has 7 rings (SSSR count). The quantitative estimate of drug-likeness (QED) is 0.145. The zero-order chi connectivity index (χ0) is 35.4. The lowest BCUT2D eigenvalue weighted by atomic mass is 9.97. The van der Waals surface area contributed by atoms with Gasteiger partial charge in [-0.15, -0.1) is 10.2 Å². The van der Waals surface area contributed by atoms with Crippen LogP contribution in [0, 0.1) is 16.7 Å². The molecule has 15 heteroatoms. The number of alkyl halides is 6. The van der Waals surface area contributed by atoms with Crippen molar-refractivity contribution in [2.45, 2.75) is 57.5 Å². The van der Waals surface area contributed by atoms with E-state index in [1.807, 2.05) is 0 Å². The second kappa shape index (κ2) is 12.4. The minimum absolute atomic E-state index is 0.00168. The molecular formula is C35H32F6N8O.